The molecule has 0 bridgehead atoms. The average molecular weight is 355 g/mol. The number of carbonyl (C=O) groups is 2. The van der Waals surface area contributed by atoms with Crippen molar-refractivity contribution in [3.05, 3.63) is 58.7 Å². The van der Waals surface area contributed by atoms with Gasteiger partial charge in [0.1, 0.15) is 5.75 Å². The maximum absolute atomic E-state index is 12.7. The lowest BCUT2D eigenvalue weighted by Gasteiger charge is -2.19. The van der Waals surface area contributed by atoms with Gasteiger partial charge in [0.05, 0.1) is 12.7 Å². The second-order valence-corrected chi connectivity index (χ2v) is 6.27. The summed E-state index contributed by atoms with van der Waals surface area (Å²) in [5, 5.41) is 2.86. The predicted octanol–water partition coefficient (Wildman–Crippen LogP) is 4.19. The van der Waals surface area contributed by atoms with Gasteiger partial charge in [-0.05, 0) is 68.1 Å². The molecule has 1 N–H and O–H groups in total. The van der Waals surface area contributed by atoms with Gasteiger partial charge in [-0.15, -0.1) is 0 Å². The summed E-state index contributed by atoms with van der Waals surface area (Å²) in [5.41, 5.74) is 4.09. The van der Waals surface area contributed by atoms with Gasteiger partial charge in [0, 0.05) is 5.69 Å². The molecule has 2 rings (SSSR count). The lowest BCUT2D eigenvalue weighted by Crippen LogP contribution is -2.32. The van der Waals surface area contributed by atoms with E-state index in [2.05, 4.69) is 5.32 Å². The highest BCUT2D eigenvalue weighted by atomic mass is 16.5. The Labute approximate surface area is 154 Å². The lowest BCUT2D eigenvalue weighted by atomic mass is 10.1. The van der Waals surface area contributed by atoms with Crippen LogP contribution in [0.1, 0.15) is 40.4 Å². The Morgan fingerprint density at radius 2 is 1.69 bits per heavy atom. The summed E-state index contributed by atoms with van der Waals surface area (Å²) in [5.74, 6) is -0.0371. The normalized spacial score (nSPS) is 11.6. The fourth-order valence-electron chi connectivity index (χ4n) is 2.49. The molecular formula is C21H25NO4. The van der Waals surface area contributed by atoms with Crippen LogP contribution in [-0.2, 0) is 9.53 Å². The number of hydrogen-bond donors (Lipinski definition) is 1. The Morgan fingerprint density at radius 1 is 1.00 bits per heavy atom. The van der Waals surface area contributed by atoms with Crippen molar-refractivity contribution < 1.29 is 19.1 Å². The first-order valence-electron chi connectivity index (χ1n) is 8.59. The quantitative estimate of drug-likeness (QED) is 0.789. The molecular weight excluding hydrogens is 330 g/mol. The summed E-state index contributed by atoms with van der Waals surface area (Å²) in [6.07, 6.45) is -0.104. The summed E-state index contributed by atoms with van der Waals surface area (Å²) in [7, 11) is 1.32. The van der Waals surface area contributed by atoms with Gasteiger partial charge < -0.3 is 14.8 Å². The smallest absolute Gasteiger partial charge is 0.337 e. The van der Waals surface area contributed by atoms with Crippen molar-refractivity contribution in [2.75, 3.05) is 12.4 Å². The van der Waals surface area contributed by atoms with Crippen molar-refractivity contribution in [1.82, 2.24) is 0 Å². The van der Waals surface area contributed by atoms with E-state index in [9.17, 15) is 9.59 Å². The molecule has 1 amide bonds. The van der Waals surface area contributed by atoms with Gasteiger partial charge in [-0.3, -0.25) is 4.79 Å². The van der Waals surface area contributed by atoms with Crippen LogP contribution < -0.4 is 10.1 Å². The molecule has 0 radical (unpaired) electrons. The monoisotopic (exact) mass is 355 g/mol. The van der Waals surface area contributed by atoms with Gasteiger partial charge in [-0.25, -0.2) is 4.79 Å². The van der Waals surface area contributed by atoms with Crippen molar-refractivity contribution in [2.45, 2.75) is 40.2 Å². The van der Waals surface area contributed by atoms with Crippen LogP contribution in [0.4, 0.5) is 5.69 Å². The first-order chi connectivity index (χ1) is 12.3. The summed E-state index contributed by atoms with van der Waals surface area (Å²) >= 11 is 0. The summed E-state index contributed by atoms with van der Waals surface area (Å²) in [6, 6.07) is 10.8. The molecule has 0 spiro atoms. The Bertz CT molecular complexity index is 814. The predicted molar refractivity (Wildman–Crippen MR) is 102 cm³/mol. The molecule has 0 aliphatic rings. The minimum absolute atomic E-state index is 0.254. The fraction of sp³-hybridized carbons (Fsp3) is 0.333. The minimum Gasteiger partial charge on any atom is -0.481 e. The Kier molecular flexibility index (Phi) is 6.39. The van der Waals surface area contributed by atoms with Crippen LogP contribution in [0.25, 0.3) is 0 Å². The Morgan fingerprint density at radius 3 is 2.31 bits per heavy atom. The van der Waals surface area contributed by atoms with Crippen molar-refractivity contribution in [3.63, 3.8) is 0 Å². The highest BCUT2D eigenvalue weighted by molar-refractivity contribution is 5.97. The fourth-order valence-corrected chi connectivity index (χ4v) is 2.49. The van der Waals surface area contributed by atoms with Gasteiger partial charge in [0.15, 0.2) is 6.10 Å². The topological polar surface area (TPSA) is 64.6 Å². The standard InChI is InChI=1S/C21H25NO4/c1-6-19(26-17-10-8-13(2)15(4)11-17)20(23)22-18-12-16(21(24)25-5)9-7-14(18)3/h7-12,19H,6H2,1-5H3,(H,22,23)/t19-/m1/s1. The molecule has 0 heterocycles. The van der Waals surface area contributed by atoms with Crippen LogP contribution in [-0.4, -0.2) is 25.1 Å². The number of nitrogens with one attached hydrogen (secondary N) is 1. The molecule has 5 heteroatoms. The van der Waals surface area contributed by atoms with Gasteiger partial charge >= 0.3 is 5.97 Å². The maximum atomic E-state index is 12.7. The molecule has 2 aromatic carbocycles. The van der Waals surface area contributed by atoms with E-state index in [0.717, 1.165) is 11.1 Å². The van der Waals surface area contributed by atoms with Gasteiger partial charge in [0.2, 0.25) is 0 Å². The number of benzene rings is 2. The van der Waals surface area contributed by atoms with Crippen molar-refractivity contribution in [3.8, 4) is 5.75 Å². The van der Waals surface area contributed by atoms with E-state index in [0.29, 0.717) is 23.4 Å². The van der Waals surface area contributed by atoms with E-state index < -0.39 is 12.1 Å². The van der Waals surface area contributed by atoms with E-state index >= 15 is 0 Å². The number of esters is 1. The summed E-state index contributed by atoms with van der Waals surface area (Å²) in [6.45, 7) is 7.79. The van der Waals surface area contributed by atoms with Crippen LogP contribution in [0.15, 0.2) is 36.4 Å². The van der Waals surface area contributed by atoms with E-state index in [-0.39, 0.29) is 5.91 Å². The Balaban J connectivity index is 2.16. The Hall–Kier alpha value is -2.82. The van der Waals surface area contributed by atoms with Crippen molar-refractivity contribution in [1.29, 1.82) is 0 Å². The van der Waals surface area contributed by atoms with Gasteiger partial charge in [-0.1, -0.05) is 19.1 Å². The third kappa shape index (κ3) is 4.63. The molecule has 5 nitrogen and oxygen atoms in total. The number of ether oxygens (including phenoxy) is 2. The molecule has 0 saturated carbocycles. The SMILES string of the molecule is CC[C@@H](Oc1ccc(C)c(C)c1)C(=O)Nc1cc(C(=O)OC)ccc1C. The van der Waals surface area contributed by atoms with Crippen LogP contribution in [0.2, 0.25) is 0 Å². The molecule has 0 aliphatic heterocycles. The molecule has 0 unspecified atom stereocenters. The highest BCUT2D eigenvalue weighted by Gasteiger charge is 2.20. The van der Waals surface area contributed by atoms with Crippen molar-refractivity contribution >= 4 is 17.6 Å². The van der Waals surface area contributed by atoms with Crippen LogP contribution in [0.5, 0.6) is 5.75 Å². The number of hydrogen-bond acceptors (Lipinski definition) is 4. The largest absolute Gasteiger partial charge is 0.481 e. The van der Waals surface area contributed by atoms with Gasteiger partial charge in [0.25, 0.3) is 5.91 Å². The van der Waals surface area contributed by atoms with E-state index in [1.54, 1.807) is 18.2 Å². The zero-order chi connectivity index (χ0) is 19.3. The van der Waals surface area contributed by atoms with E-state index in [4.69, 9.17) is 9.47 Å². The number of amides is 1. The third-order valence-corrected chi connectivity index (χ3v) is 4.34. The van der Waals surface area contributed by atoms with Crippen LogP contribution in [0, 0.1) is 20.8 Å². The second-order valence-electron chi connectivity index (χ2n) is 6.27. The minimum atomic E-state index is -0.627. The van der Waals surface area contributed by atoms with Gasteiger partial charge in [-0.2, -0.15) is 0 Å². The van der Waals surface area contributed by atoms with Crippen LogP contribution >= 0.6 is 0 Å². The molecule has 2 aromatic rings. The molecule has 0 aliphatic carbocycles. The zero-order valence-corrected chi connectivity index (χ0v) is 15.9. The summed E-state index contributed by atoms with van der Waals surface area (Å²) in [4.78, 5) is 24.3. The number of aryl methyl sites for hydroxylation is 3. The average Bonchev–Trinajstić information content (AvgIpc) is 2.63. The number of carbonyl (C=O) groups excluding carboxylic acids is 2. The van der Waals surface area contributed by atoms with Crippen LogP contribution in [0.3, 0.4) is 0 Å². The first-order valence-corrected chi connectivity index (χ1v) is 8.59. The number of methoxy groups -OCH3 is 1. The molecule has 26 heavy (non-hydrogen) atoms. The van der Waals surface area contributed by atoms with Crippen molar-refractivity contribution in [2.24, 2.45) is 0 Å². The van der Waals surface area contributed by atoms with E-state index in [1.807, 2.05) is 45.9 Å². The second kappa shape index (κ2) is 8.52. The number of rotatable bonds is 6. The molecule has 0 aromatic heterocycles. The number of anilines is 1. The first kappa shape index (κ1) is 19.5. The molecule has 138 valence electrons. The summed E-state index contributed by atoms with van der Waals surface area (Å²) < 4.78 is 10.6. The molecule has 0 fully saturated rings. The van der Waals surface area contributed by atoms with E-state index in [1.165, 1.54) is 12.7 Å². The maximum Gasteiger partial charge on any atom is 0.337 e. The lowest BCUT2D eigenvalue weighted by molar-refractivity contribution is -0.122. The zero-order valence-electron chi connectivity index (χ0n) is 15.9. The third-order valence-electron chi connectivity index (χ3n) is 4.34. The molecule has 1 atom stereocenters. The highest BCUT2D eigenvalue weighted by Crippen LogP contribution is 2.21. The molecule has 0 saturated heterocycles.